The van der Waals surface area contributed by atoms with Crippen LogP contribution in [-0.2, 0) is 10.0 Å². The van der Waals surface area contributed by atoms with E-state index in [2.05, 4.69) is 34.2 Å². The number of benzene rings is 2. The number of hydrogen-bond donors (Lipinski definition) is 2. The zero-order valence-corrected chi connectivity index (χ0v) is 20.5. The lowest BCUT2D eigenvalue weighted by atomic mass is 10.1. The van der Waals surface area contributed by atoms with Crippen LogP contribution in [0.5, 0.6) is 5.75 Å². The molecule has 1 aliphatic heterocycles. The maximum Gasteiger partial charge on any atom is 0.573 e. The molecule has 5 rings (SSSR count). The number of alkyl halides is 3. The number of anilines is 3. The molecule has 1 fully saturated rings. The molecule has 1 aliphatic rings. The van der Waals surface area contributed by atoms with E-state index in [0.717, 1.165) is 34.4 Å². The second kappa shape index (κ2) is 9.47. The van der Waals surface area contributed by atoms with E-state index in [9.17, 15) is 21.6 Å². The third-order valence-electron chi connectivity index (χ3n) is 5.90. The molecule has 0 spiro atoms. The Hall–Kier alpha value is -4.00. The van der Waals surface area contributed by atoms with Crippen LogP contribution in [0.1, 0.15) is 0 Å². The van der Waals surface area contributed by atoms with Crippen LogP contribution < -0.4 is 19.3 Å². The van der Waals surface area contributed by atoms with Gasteiger partial charge >= 0.3 is 6.36 Å². The number of rotatable bonds is 6. The number of piperazine rings is 1. The molecule has 3 heterocycles. The lowest BCUT2D eigenvalue weighted by Gasteiger charge is -2.36. The summed E-state index contributed by atoms with van der Waals surface area (Å²) in [6.07, 6.45) is -2.13. The van der Waals surface area contributed by atoms with Gasteiger partial charge in [0.2, 0.25) is 10.0 Å². The first-order chi connectivity index (χ1) is 17.5. The smallest absolute Gasteiger partial charge is 0.406 e. The number of nitrogens with one attached hydrogen (secondary N) is 2. The molecule has 2 aromatic heterocycles. The van der Waals surface area contributed by atoms with Crippen LogP contribution in [0, 0.1) is 0 Å². The highest BCUT2D eigenvalue weighted by atomic mass is 32.2. The highest BCUT2D eigenvalue weighted by Gasteiger charge is 2.31. The van der Waals surface area contributed by atoms with Crippen molar-refractivity contribution in [3.8, 4) is 17.0 Å². The highest BCUT2D eigenvalue weighted by molar-refractivity contribution is 7.92. The minimum absolute atomic E-state index is 0.251. The van der Waals surface area contributed by atoms with Crippen molar-refractivity contribution in [2.24, 2.45) is 0 Å². The summed E-state index contributed by atoms with van der Waals surface area (Å²) in [5.74, 6) is 0.519. The Labute approximate surface area is 210 Å². The molecule has 0 amide bonds. The van der Waals surface area contributed by atoms with Gasteiger partial charge < -0.3 is 19.5 Å². The average molecular weight is 533 g/mol. The molecule has 0 radical (unpaired) electrons. The van der Waals surface area contributed by atoms with Crippen LogP contribution in [0.4, 0.5) is 30.4 Å². The summed E-state index contributed by atoms with van der Waals surface area (Å²) in [6.45, 7) is 2.62. The van der Waals surface area contributed by atoms with Crippen molar-refractivity contribution >= 4 is 38.2 Å². The van der Waals surface area contributed by atoms with Gasteiger partial charge in [-0.1, -0.05) is 12.1 Å². The first kappa shape index (κ1) is 24.7. The minimum atomic E-state index is -4.72. The summed E-state index contributed by atoms with van der Waals surface area (Å²) < 4.78 is 66.8. The molecule has 1 saturated heterocycles. The molecular formula is C24H23F3N6O3S. The predicted molar refractivity (Wildman–Crippen MR) is 135 cm³/mol. The number of nitrogens with zero attached hydrogens (tertiary/aromatic N) is 4. The molecule has 2 aromatic carbocycles. The van der Waals surface area contributed by atoms with Crippen molar-refractivity contribution in [3.63, 3.8) is 0 Å². The van der Waals surface area contributed by atoms with Crippen LogP contribution in [0.15, 0.2) is 60.9 Å². The molecule has 13 heteroatoms. The summed E-state index contributed by atoms with van der Waals surface area (Å²) >= 11 is 0. The van der Waals surface area contributed by atoms with Gasteiger partial charge in [-0.2, -0.15) is 0 Å². The molecule has 0 aliphatic carbocycles. The lowest BCUT2D eigenvalue weighted by molar-refractivity contribution is -0.274. The van der Waals surface area contributed by atoms with Gasteiger partial charge in [0.25, 0.3) is 0 Å². The fraction of sp³-hybridized carbons (Fsp3) is 0.250. The Kier molecular flexibility index (Phi) is 6.31. The normalized spacial score (nSPS) is 14.7. The fourth-order valence-corrected chi connectivity index (χ4v) is 4.89. The number of fused-ring (bicyclic) bond motifs is 1. The first-order valence-electron chi connectivity index (χ1n) is 11.3. The lowest BCUT2D eigenvalue weighted by Crippen LogP contribution is -2.46. The average Bonchev–Trinajstić information content (AvgIpc) is 3.28. The summed E-state index contributed by atoms with van der Waals surface area (Å²) in [6, 6.07) is 14.8. The van der Waals surface area contributed by atoms with Crippen molar-refractivity contribution in [2.75, 3.05) is 47.0 Å². The molecular weight excluding hydrogens is 509 g/mol. The SMILES string of the molecule is CS(=O)(=O)Nc1cccc(-c2cc3c(N4CCN(c5ccc(OC(F)(F)F)cc5)CC4)ncnc3[nH]2)c1. The van der Waals surface area contributed by atoms with Crippen molar-refractivity contribution < 1.29 is 26.3 Å². The van der Waals surface area contributed by atoms with Crippen molar-refractivity contribution in [3.05, 3.63) is 60.9 Å². The number of ether oxygens (including phenoxy) is 1. The number of sulfonamides is 1. The number of aromatic nitrogens is 3. The number of halogens is 3. The second-order valence-electron chi connectivity index (χ2n) is 8.61. The van der Waals surface area contributed by atoms with Crippen molar-refractivity contribution in [1.82, 2.24) is 15.0 Å². The van der Waals surface area contributed by atoms with Gasteiger partial charge in [0.15, 0.2) is 0 Å². The molecule has 37 heavy (non-hydrogen) atoms. The van der Waals surface area contributed by atoms with E-state index in [1.807, 2.05) is 12.1 Å². The molecule has 0 atom stereocenters. The molecule has 0 bridgehead atoms. The zero-order chi connectivity index (χ0) is 26.2. The van der Waals surface area contributed by atoms with Crippen LogP contribution >= 0.6 is 0 Å². The second-order valence-corrected chi connectivity index (χ2v) is 10.4. The third kappa shape index (κ3) is 5.88. The fourth-order valence-electron chi connectivity index (χ4n) is 4.33. The summed E-state index contributed by atoms with van der Waals surface area (Å²) in [4.78, 5) is 16.4. The largest absolute Gasteiger partial charge is 0.573 e. The van der Waals surface area contributed by atoms with E-state index >= 15 is 0 Å². The summed E-state index contributed by atoms with van der Waals surface area (Å²) in [5, 5.41) is 0.834. The summed E-state index contributed by atoms with van der Waals surface area (Å²) in [5.41, 5.74) is 3.49. The Morgan fingerprint density at radius 3 is 2.35 bits per heavy atom. The maximum absolute atomic E-state index is 12.4. The minimum Gasteiger partial charge on any atom is -0.406 e. The highest BCUT2D eigenvalue weighted by Crippen LogP contribution is 2.31. The monoisotopic (exact) mass is 532 g/mol. The van der Waals surface area contributed by atoms with Crippen LogP contribution in [-0.4, -0.2) is 62.2 Å². The van der Waals surface area contributed by atoms with Gasteiger partial charge in [-0.25, -0.2) is 18.4 Å². The van der Waals surface area contributed by atoms with E-state index in [4.69, 9.17) is 0 Å². The van der Waals surface area contributed by atoms with Gasteiger partial charge in [0.05, 0.1) is 11.6 Å². The van der Waals surface area contributed by atoms with Gasteiger partial charge in [-0.15, -0.1) is 13.2 Å². The predicted octanol–water partition coefficient (Wildman–Crippen LogP) is 4.22. The van der Waals surface area contributed by atoms with E-state index < -0.39 is 16.4 Å². The van der Waals surface area contributed by atoms with Gasteiger partial charge in [-0.05, 0) is 42.5 Å². The standard InChI is InChI=1S/C24H23F3N6O3S/c1-37(34,35)31-17-4-2-3-16(13-17)21-14-20-22(30-21)28-15-29-23(20)33-11-9-32(10-12-33)18-5-7-19(8-6-18)36-24(25,26)27/h2-8,13-15,31H,9-12H2,1H3,(H,28,29,30). The summed E-state index contributed by atoms with van der Waals surface area (Å²) in [7, 11) is -3.40. The van der Waals surface area contributed by atoms with Crippen molar-refractivity contribution in [2.45, 2.75) is 6.36 Å². The molecule has 2 N–H and O–H groups in total. The van der Waals surface area contributed by atoms with Gasteiger partial charge in [0, 0.05) is 48.8 Å². The van der Waals surface area contributed by atoms with E-state index in [-0.39, 0.29) is 5.75 Å². The Balaban J connectivity index is 1.32. The number of hydrogen-bond acceptors (Lipinski definition) is 7. The number of H-pyrrole nitrogens is 1. The Morgan fingerprint density at radius 2 is 1.68 bits per heavy atom. The van der Waals surface area contributed by atoms with Crippen LogP contribution in [0.3, 0.4) is 0 Å². The van der Waals surface area contributed by atoms with Gasteiger partial charge in [0.1, 0.15) is 23.5 Å². The quantitative estimate of drug-likeness (QED) is 0.383. The first-order valence-corrected chi connectivity index (χ1v) is 13.2. The topological polar surface area (TPSA) is 103 Å². The van der Waals surface area contributed by atoms with E-state index in [1.54, 1.807) is 30.3 Å². The third-order valence-corrected chi connectivity index (χ3v) is 6.50. The Morgan fingerprint density at radius 1 is 0.973 bits per heavy atom. The van der Waals surface area contributed by atoms with E-state index in [0.29, 0.717) is 37.5 Å². The molecule has 4 aromatic rings. The van der Waals surface area contributed by atoms with Crippen LogP contribution in [0.2, 0.25) is 0 Å². The van der Waals surface area contributed by atoms with Crippen molar-refractivity contribution in [1.29, 1.82) is 0 Å². The molecule has 194 valence electrons. The zero-order valence-electron chi connectivity index (χ0n) is 19.7. The van der Waals surface area contributed by atoms with E-state index in [1.165, 1.54) is 18.5 Å². The molecule has 0 unspecified atom stereocenters. The molecule has 0 saturated carbocycles. The maximum atomic E-state index is 12.4. The van der Waals surface area contributed by atoms with Gasteiger partial charge in [-0.3, -0.25) is 4.72 Å². The van der Waals surface area contributed by atoms with Crippen LogP contribution in [0.25, 0.3) is 22.3 Å². The Bertz CT molecular complexity index is 1520. The number of aromatic amines is 1. The molecule has 9 nitrogen and oxygen atoms in total.